The Morgan fingerprint density at radius 3 is 2.24 bits per heavy atom. The first-order valence-electron chi connectivity index (χ1n) is 7.75. The van der Waals surface area contributed by atoms with E-state index in [-0.39, 0.29) is 0 Å². The van der Waals surface area contributed by atoms with Crippen LogP contribution < -0.4 is 5.73 Å². The summed E-state index contributed by atoms with van der Waals surface area (Å²) in [5.41, 5.74) is 6.61. The standard InChI is InChI=1S/C15H28N2/c16-11-15(8-2-1-3-9-15)12-17(14-6-7-14)10-13-4-5-13/h13-14H,1-12,16H2. The molecule has 3 aliphatic carbocycles. The van der Waals surface area contributed by atoms with Gasteiger partial charge in [0.1, 0.15) is 0 Å². The second-order valence-corrected chi connectivity index (χ2v) is 6.87. The molecular weight excluding hydrogens is 208 g/mol. The van der Waals surface area contributed by atoms with E-state index < -0.39 is 0 Å². The number of rotatable bonds is 6. The van der Waals surface area contributed by atoms with E-state index in [1.54, 1.807) is 0 Å². The molecule has 2 heteroatoms. The predicted octanol–water partition coefficient (Wildman–Crippen LogP) is 2.77. The molecule has 0 amide bonds. The molecule has 0 heterocycles. The Morgan fingerprint density at radius 2 is 1.71 bits per heavy atom. The van der Waals surface area contributed by atoms with Gasteiger partial charge in [0.25, 0.3) is 0 Å². The smallest absolute Gasteiger partial charge is 0.00967 e. The predicted molar refractivity (Wildman–Crippen MR) is 71.9 cm³/mol. The minimum atomic E-state index is 0.482. The van der Waals surface area contributed by atoms with Crippen molar-refractivity contribution in [2.45, 2.75) is 63.8 Å². The highest BCUT2D eigenvalue weighted by Crippen LogP contribution is 2.41. The fourth-order valence-electron chi connectivity index (χ4n) is 3.57. The lowest BCUT2D eigenvalue weighted by Gasteiger charge is -2.40. The van der Waals surface area contributed by atoms with Gasteiger partial charge in [-0.05, 0) is 56.4 Å². The highest BCUT2D eigenvalue weighted by molar-refractivity contribution is 4.94. The van der Waals surface area contributed by atoms with Gasteiger partial charge in [-0.3, -0.25) is 4.90 Å². The van der Waals surface area contributed by atoms with E-state index in [1.165, 1.54) is 70.9 Å². The molecule has 0 aliphatic heterocycles. The van der Waals surface area contributed by atoms with Crippen LogP contribution in [0.4, 0.5) is 0 Å². The molecular formula is C15H28N2. The molecule has 3 rings (SSSR count). The van der Waals surface area contributed by atoms with Crippen LogP contribution in [-0.4, -0.2) is 30.6 Å². The maximum Gasteiger partial charge on any atom is 0.00967 e. The molecule has 0 radical (unpaired) electrons. The van der Waals surface area contributed by atoms with Crippen LogP contribution in [-0.2, 0) is 0 Å². The van der Waals surface area contributed by atoms with Gasteiger partial charge < -0.3 is 5.73 Å². The topological polar surface area (TPSA) is 29.3 Å². The van der Waals surface area contributed by atoms with Gasteiger partial charge in [0.05, 0.1) is 0 Å². The van der Waals surface area contributed by atoms with Crippen LogP contribution in [0.3, 0.4) is 0 Å². The van der Waals surface area contributed by atoms with Crippen molar-refractivity contribution < 1.29 is 0 Å². The van der Waals surface area contributed by atoms with Gasteiger partial charge >= 0.3 is 0 Å². The Morgan fingerprint density at radius 1 is 1.00 bits per heavy atom. The summed E-state index contributed by atoms with van der Waals surface area (Å²) in [5.74, 6) is 1.04. The molecule has 0 unspecified atom stereocenters. The number of nitrogens with two attached hydrogens (primary N) is 1. The van der Waals surface area contributed by atoms with Crippen LogP contribution >= 0.6 is 0 Å². The van der Waals surface area contributed by atoms with Crippen molar-refractivity contribution >= 4 is 0 Å². The third kappa shape index (κ3) is 3.03. The van der Waals surface area contributed by atoms with Gasteiger partial charge in [-0.15, -0.1) is 0 Å². The van der Waals surface area contributed by atoms with E-state index in [0.29, 0.717) is 5.41 Å². The van der Waals surface area contributed by atoms with Gasteiger partial charge in [0.15, 0.2) is 0 Å². The van der Waals surface area contributed by atoms with Crippen LogP contribution in [0.1, 0.15) is 57.8 Å². The Kier molecular flexibility index (Phi) is 3.45. The molecule has 0 bridgehead atoms. The van der Waals surface area contributed by atoms with Crippen LogP contribution in [0.15, 0.2) is 0 Å². The van der Waals surface area contributed by atoms with Crippen LogP contribution in [0.25, 0.3) is 0 Å². The largest absolute Gasteiger partial charge is 0.330 e. The molecule has 0 aromatic rings. The first-order valence-corrected chi connectivity index (χ1v) is 7.75. The Hall–Kier alpha value is -0.0800. The fraction of sp³-hybridized carbons (Fsp3) is 1.00. The minimum Gasteiger partial charge on any atom is -0.330 e. The lowest BCUT2D eigenvalue weighted by molar-refractivity contribution is 0.102. The van der Waals surface area contributed by atoms with E-state index in [0.717, 1.165) is 18.5 Å². The third-order valence-corrected chi connectivity index (χ3v) is 5.14. The quantitative estimate of drug-likeness (QED) is 0.768. The van der Waals surface area contributed by atoms with Crippen molar-refractivity contribution in [3.05, 3.63) is 0 Å². The van der Waals surface area contributed by atoms with E-state index >= 15 is 0 Å². The summed E-state index contributed by atoms with van der Waals surface area (Å²) in [7, 11) is 0. The van der Waals surface area contributed by atoms with Crippen LogP contribution in [0.5, 0.6) is 0 Å². The highest BCUT2D eigenvalue weighted by atomic mass is 15.2. The molecule has 2 N–H and O–H groups in total. The van der Waals surface area contributed by atoms with Crippen molar-refractivity contribution in [3.8, 4) is 0 Å². The maximum absolute atomic E-state index is 6.13. The molecule has 0 atom stereocenters. The second kappa shape index (κ2) is 4.89. The molecule has 2 nitrogen and oxygen atoms in total. The maximum atomic E-state index is 6.13. The van der Waals surface area contributed by atoms with E-state index in [2.05, 4.69) is 4.90 Å². The number of hydrogen-bond acceptors (Lipinski definition) is 2. The lowest BCUT2D eigenvalue weighted by atomic mass is 9.73. The van der Waals surface area contributed by atoms with Gasteiger partial charge in [-0.2, -0.15) is 0 Å². The lowest BCUT2D eigenvalue weighted by Crippen LogP contribution is -2.45. The second-order valence-electron chi connectivity index (χ2n) is 6.87. The summed E-state index contributed by atoms with van der Waals surface area (Å²) in [5, 5.41) is 0. The summed E-state index contributed by atoms with van der Waals surface area (Å²) in [6.07, 6.45) is 12.9. The molecule has 3 fully saturated rings. The van der Waals surface area contributed by atoms with Crippen molar-refractivity contribution in [2.24, 2.45) is 17.1 Å². The van der Waals surface area contributed by atoms with Gasteiger partial charge in [-0.25, -0.2) is 0 Å². The zero-order chi connectivity index (χ0) is 11.7. The van der Waals surface area contributed by atoms with Crippen molar-refractivity contribution in [1.82, 2.24) is 4.90 Å². The molecule has 0 saturated heterocycles. The summed E-state index contributed by atoms with van der Waals surface area (Å²) >= 11 is 0. The highest BCUT2D eigenvalue weighted by Gasteiger charge is 2.39. The summed E-state index contributed by atoms with van der Waals surface area (Å²) in [6.45, 7) is 3.61. The minimum absolute atomic E-state index is 0.482. The van der Waals surface area contributed by atoms with E-state index in [9.17, 15) is 0 Å². The van der Waals surface area contributed by atoms with E-state index in [4.69, 9.17) is 5.73 Å². The molecule has 0 aromatic heterocycles. The first-order chi connectivity index (χ1) is 8.31. The van der Waals surface area contributed by atoms with Crippen molar-refractivity contribution in [1.29, 1.82) is 0 Å². The molecule has 98 valence electrons. The average Bonchev–Trinajstić information content (AvgIpc) is 3.22. The van der Waals surface area contributed by atoms with E-state index in [1.807, 2.05) is 0 Å². The fourth-order valence-corrected chi connectivity index (χ4v) is 3.57. The van der Waals surface area contributed by atoms with Crippen LogP contribution in [0, 0.1) is 11.3 Å². The molecule has 17 heavy (non-hydrogen) atoms. The summed E-state index contributed by atoms with van der Waals surface area (Å²) < 4.78 is 0. The molecule has 3 saturated carbocycles. The first kappa shape index (κ1) is 12.0. The zero-order valence-corrected chi connectivity index (χ0v) is 11.2. The number of nitrogens with zero attached hydrogens (tertiary/aromatic N) is 1. The van der Waals surface area contributed by atoms with Crippen LogP contribution in [0.2, 0.25) is 0 Å². The monoisotopic (exact) mass is 236 g/mol. The van der Waals surface area contributed by atoms with Gasteiger partial charge in [0, 0.05) is 19.1 Å². The third-order valence-electron chi connectivity index (χ3n) is 5.14. The Bertz CT molecular complexity index is 250. The zero-order valence-electron chi connectivity index (χ0n) is 11.2. The van der Waals surface area contributed by atoms with Crippen molar-refractivity contribution in [2.75, 3.05) is 19.6 Å². The van der Waals surface area contributed by atoms with Gasteiger partial charge in [-0.1, -0.05) is 19.3 Å². The van der Waals surface area contributed by atoms with Gasteiger partial charge in [0.2, 0.25) is 0 Å². The summed E-state index contributed by atoms with van der Waals surface area (Å²) in [4.78, 5) is 2.82. The molecule has 0 aromatic carbocycles. The van der Waals surface area contributed by atoms with Crippen molar-refractivity contribution in [3.63, 3.8) is 0 Å². The molecule has 0 spiro atoms. The molecule has 3 aliphatic rings. The normalized spacial score (nSPS) is 28.6. The SMILES string of the molecule is NCC1(CN(CC2CC2)C2CC2)CCCCC1. The Labute approximate surface area is 106 Å². The summed E-state index contributed by atoms with van der Waals surface area (Å²) in [6, 6.07) is 0.931. The Balaban J connectivity index is 1.60. The average molecular weight is 236 g/mol. The number of hydrogen-bond donors (Lipinski definition) is 1.